The Bertz CT molecular complexity index is 626. The van der Waals surface area contributed by atoms with Crippen LogP contribution in [0.2, 0.25) is 0 Å². The van der Waals surface area contributed by atoms with Gasteiger partial charge in [0.2, 0.25) is 0 Å². The fourth-order valence-corrected chi connectivity index (χ4v) is 2.24. The molecule has 110 valence electrons. The third kappa shape index (κ3) is 3.19. The quantitative estimate of drug-likeness (QED) is 0.856. The van der Waals surface area contributed by atoms with Crippen molar-refractivity contribution in [3.63, 3.8) is 0 Å². The summed E-state index contributed by atoms with van der Waals surface area (Å²) in [5.74, 6) is 0.597. The van der Waals surface area contributed by atoms with E-state index < -0.39 is 0 Å². The number of hydrogen-bond acceptors (Lipinski definition) is 5. The Hall–Kier alpha value is -2.41. The molecule has 0 saturated heterocycles. The molecule has 0 spiro atoms. The molecule has 0 aliphatic carbocycles. The van der Waals surface area contributed by atoms with Crippen LogP contribution in [0.3, 0.4) is 0 Å². The second-order valence-electron chi connectivity index (χ2n) is 4.93. The number of nitrogens with zero attached hydrogens (tertiary/aromatic N) is 3. The van der Waals surface area contributed by atoms with Gasteiger partial charge in [-0.25, -0.2) is 0 Å². The van der Waals surface area contributed by atoms with Crippen LogP contribution >= 0.6 is 0 Å². The SMILES string of the molecule is CC(NCCn1ccnn1)c1ccc2c(c1)NC(=O)CO2. The molecular formula is C14H17N5O2. The summed E-state index contributed by atoms with van der Waals surface area (Å²) in [7, 11) is 0. The summed E-state index contributed by atoms with van der Waals surface area (Å²) in [5.41, 5.74) is 1.83. The minimum Gasteiger partial charge on any atom is -0.482 e. The smallest absolute Gasteiger partial charge is 0.262 e. The number of carbonyl (C=O) groups is 1. The zero-order chi connectivity index (χ0) is 14.7. The number of benzene rings is 1. The van der Waals surface area contributed by atoms with E-state index in [4.69, 9.17) is 4.74 Å². The minimum absolute atomic E-state index is 0.0814. The molecule has 2 heterocycles. The second-order valence-corrected chi connectivity index (χ2v) is 4.93. The molecule has 1 atom stereocenters. The van der Waals surface area contributed by atoms with E-state index >= 15 is 0 Å². The van der Waals surface area contributed by atoms with Crippen LogP contribution < -0.4 is 15.4 Å². The summed E-state index contributed by atoms with van der Waals surface area (Å²) in [4.78, 5) is 11.3. The molecular weight excluding hydrogens is 270 g/mol. The maximum atomic E-state index is 11.3. The lowest BCUT2D eigenvalue weighted by Gasteiger charge is -2.21. The third-order valence-electron chi connectivity index (χ3n) is 3.40. The van der Waals surface area contributed by atoms with Crippen molar-refractivity contribution in [1.82, 2.24) is 20.3 Å². The number of fused-ring (bicyclic) bond motifs is 1. The Kier molecular flexibility index (Phi) is 3.83. The monoisotopic (exact) mass is 287 g/mol. The highest BCUT2D eigenvalue weighted by molar-refractivity contribution is 5.95. The van der Waals surface area contributed by atoms with Crippen molar-refractivity contribution in [2.75, 3.05) is 18.5 Å². The summed E-state index contributed by atoms with van der Waals surface area (Å²) in [6, 6.07) is 6.00. The second kappa shape index (κ2) is 5.92. The molecule has 7 heteroatoms. The molecule has 21 heavy (non-hydrogen) atoms. The molecule has 3 rings (SSSR count). The van der Waals surface area contributed by atoms with Gasteiger partial charge in [-0.1, -0.05) is 11.3 Å². The number of aromatic nitrogens is 3. The van der Waals surface area contributed by atoms with Crippen molar-refractivity contribution < 1.29 is 9.53 Å². The first-order chi connectivity index (χ1) is 10.2. The molecule has 1 amide bonds. The number of carbonyl (C=O) groups excluding carboxylic acids is 1. The van der Waals surface area contributed by atoms with E-state index in [-0.39, 0.29) is 18.6 Å². The highest BCUT2D eigenvalue weighted by Gasteiger charge is 2.17. The fourth-order valence-electron chi connectivity index (χ4n) is 2.24. The van der Waals surface area contributed by atoms with Gasteiger partial charge in [-0.2, -0.15) is 0 Å². The summed E-state index contributed by atoms with van der Waals surface area (Å²) in [6.45, 7) is 3.70. The average molecular weight is 287 g/mol. The predicted octanol–water partition coefficient (Wildman–Crippen LogP) is 0.960. The van der Waals surface area contributed by atoms with Crippen LogP contribution in [0.1, 0.15) is 18.5 Å². The minimum atomic E-state index is -0.119. The Balaban J connectivity index is 1.60. The number of nitrogens with one attached hydrogen (secondary N) is 2. The number of anilines is 1. The van der Waals surface area contributed by atoms with Gasteiger partial charge in [0, 0.05) is 18.8 Å². The Morgan fingerprint density at radius 1 is 1.52 bits per heavy atom. The van der Waals surface area contributed by atoms with Gasteiger partial charge >= 0.3 is 0 Å². The van der Waals surface area contributed by atoms with E-state index in [9.17, 15) is 4.79 Å². The van der Waals surface area contributed by atoms with Gasteiger partial charge in [0.25, 0.3) is 5.91 Å². The Labute approximate surface area is 122 Å². The number of rotatable bonds is 5. The summed E-state index contributed by atoms with van der Waals surface area (Å²) < 4.78 is 7.13. The van der Waals surface area contributed by atoms with E-state index in [0.717, 1.165) is 24.3 Å². The molecule has 1 aliphatic heterocycles. The molecule has 2 aromatic rings. The molecule has 1 aromatic heterocycles. The van der Waals surface area contributed by atoms with Crippen LogP contribution in [-0.2, 0) is 11.3 Å². The summed E-state index contributed by atoms with van der Waals surface area (Å²) in [6.07, 6.45) is 3.49. The van der Waals surface area contributed by atoms with Crippen molar-refractivity contribution >= 4 is 11.6 Å². The number of ether oxygens (including phenoxy) is 1. The lowest BCUT2D eigenvalue weighted by atomic mass is 10.1. The van der Waals surface area contributed by atoms with Crippen LogP contribution in [0.25, 0.3) is 0 Å². The first-order valence-corrected chi connectivity index (χ1v) is 6.86. The summed E-state index contributed by atoms with van der Waals surface area (Å²) >= 11 is 0. The van der Waals surface area contributed by atoms with Gasteiger partial charge in [-0.15, -0.1) is 5.10 Å². The summed E-state index contributed by atoms with van der Waals surface area (Å²) in [5, 5.41) is 13.9. The van der Waals surface area contributed by atoms with Crippen molar-refractivity contribution in [2.24, 2.45) is 0 Å². The molecule has 1 aliphatic rings. The number of hydrogen-bond donors (Lipinski definition) is 2. The molecule has 0 bridgehead atoms. The predicted molar refractivity (Wildman–Crippen MR) is 77.0 cm³/mol. The Morgan fingerprint density at radius 2 is 2.43 bits per heavy atom. The molecule has 7 nitrogen and oxygen atoms in total. The van der Waals surface area contributed by atoms with Gasteiger partial charge in [0.1, 0.15) is 5.75 Å². The first-order valence-electron chi connectivity index (χ1n) is 6.86. The first kappa shape index (κ1) is 13.6. The van der Waals surface area contributed by atoms with E-state index in [1.807, 2.05) is 24.4 Å². The van der Waals surface area contributed by atoms with Gasteiger partial charge in [0.15, 0.2) is 6.61 Å². The van der Waals surface area contributed by atoms with Crippen LogP contribution in [0, 0.1) is 0 Å². The van der Waals surface area contributed by atoms with E-state index in [1.165, 1.54) is 0 Å². The van der Waals surface area contributed by atoms with Crippen molar-refractivity contribution in [2.45, 2.75) is 19.5 Å². The molecule has 2 N–H and O–H groups in total. The highest BCUT2D eigenvalue weighted by atomic mass is 16.5. The van der Waals surface area contributed by atoms with Gasteiger partial charge in [-0.05, 0) is 24.6 Å². The maximum Gasteiger partial charge on any atom is 0.262 e. The van der Waals surface area contributed by atoms with Crippen molar-refractivity contribution in [3.05, 3.63) is 36.2 Å². The molecule has 0 fully saturated rings. The average Bonchev–Trinajstić information content (AvgIpc) is 2.99. The van der Waals surface area contributed by atoms with Gasteiger partial charge in [-0.3, -0.25) is 9.48 Å². The topological polar surface area (TPSA) is 81.1 Å². The standard InChI is InChI=1S/C14H17N5O2/c1-10(15-4-6-19-7-5-16-18-19)11-2-3-13-12(8-11)17-14(20)9-21-13/h2-3,5,7-8,10,15H,4,6,9H2,1H3,(H,17,20). The molecule has 1 unspecified atom stereocenters. The highest BCUT2D eigenvalue weighted by Crippen LogP contribution is 2.30. The van der Waals surface area contributed by atoms with Gasteiger partial charge in [0.05, 0.1) is 18.4 Å². The fraction of sp³-hybridized carbons (Fsp3) is 0.357. The van der Waals surface area contributed by atoms with E-state index in [1.54, 1.807) is 10.9 Å². The zero-order valence-corrected chi connectivity index (χ0v) is 11.7. The lowest BCUT2D eigenvalue weighted by Crippen LogP contribution is -2.26. The number of amides is 1. The lowest BCUT2D eigenvalue weighted by molar-refractivity contribution is -0.118. The van der Waals surface area contributed by atoms with E-state index in [0.29, 0.717) is 5.75 Å². The van der Waals surface area contributed by atoms with Crippen LogP contribution in [0.4, 0.5) is 5.69 Å². The van der Waals surface area contributed by atoms with E-state index in [2.05, 4.69) is 27.9 Å². The molecule has 0 saturated carbocycles. The largest absolute Gasteiger partial charge is 0.482 e. The Morgan fingerprint density at radius 3 is 3.24 bits per heavy atom. The zero-order valence-electron chi connectivity index (χ0n) is 11.7. The molecule has 1 aromatic carbocycles. The third-order valence-corrected chi connectivity index (χ3v) is 3.40. The van der Waals surface area contributed by atoms with Crippen molar-refractivity contribution in [1.29, 1.82) is 0 Å². The molecule has 0 radical (unpaired) electrons. The normalized spacial score (nSPS) is 15.0. The van der Waals surface area contributed by atoms with Crippen molar-refractivity contribution in [3.8, 4) is 5.75 Å². The van der Waals surface area contributed by atoms with Crippen LogP contribution in [0.15, 0.2) is 30.6 Å². The van der Waals surface area contributed by atoms with Crippen LogP contribution in [0.5, 0.6) is 5.75 Å². The van der Waals surface area contributed by atoms with Gasteiger partial charge < -0.3 is 15.4 Å². The maximum absolute atomic E-state index is 11.3. The van der Waals surface area contributed by atoms with Crippen LogP contribution in [-0.4, -0.2) is 34.1 Å².